The SMILES string of the molecule is Cc1ccc(NCc2nc(-c3cccc(C(F)(F)F)c3)no2)cc1S(=O)(=O)N1CCCCC1. The van der Waals surface area contributed by atoms with Gasteiger partial charge in [-0.2, -0.15) is 22.5 Å². The van der Waals surface area contributed by atoms with Crippen LogP contribution in [0.2, 0.25) is 0 Å². The zero-order valence-corrected chi connectivity index (χ0v) is 18.7. The van der Waals surface area contributed by atoms with Gasteiger partial charge in [0.05, 0.1) is 17.0 Å². The Morgan fingerprint density at radius 1 is 1.09 bits per heavy atom. The van der Waals surface area contributed by atoms with Crippen LogP contribution < -0.4 is 5.32 Å². The van der Waals surface area contributed by atoms with Crippen molar-refractivity contribution in [2.45, 2.75) is 43.8 Å². The van der Waals surface area contributed by atoms with Gasteiger partial charge < -0.3 is 9.84 Å². The number of aryl methyl sites for hydroxylation is 1. The van der Waals surface area contributed by atoms with Crippen LogP contribution in [0.1, 0.15) is 36.3 Å². The first-order valence-electron chi connectivity index (χ1n) is 10.5. The number of aromatic nitrogens is 2. The summed E-state index contributed by atoms with van der Waals surface area (Å²) in [5.74, 6) is 0.193. The summed E-state index contributed by atoms with van der Waals surface area (Å²) in [7, 11) is -3.60. The molecular weight excluding hydrogens is 457 g/mol. The Labute approximate surface area is 189 Å². The average Bonchev–Trinajstić information content (AvgIpc) is 3.28. The molecule has 2 heterocycles. The van der Waals surface area contributed by atoms with Gasteiger partial charge in [-0.3, -0.25) is 0 Å². The van der Waals surface area contributed by atoms with Gasteiger partial charge in [-0.05, 0) is 49.6 Å². The van der Waals surface area contributed by atoms with E-state index in [1.807, 2.05) is 0 Å². The lowest BCUT2D eigenvalue weighted by Crippen LogP contribution is -2.36. The highest BCUT2D eigenvalue weighted by Gasteiger charge is 2.31. The van der Waals surface area contributed by atoms with E-state index in [0.29, 0.717) is 24.3 Å². The van der Waals surface area contributed by atoms with Crippen molar-refractivity contribution in [1.29, 1.82) is 0 Å². The van der Waals surface area contributed by atoms with Gasteiger partial charge in [0.1, 0.15) is 0 Å². The summed E-state index contributed by atoms with van der Waals surface area (Å²) in [5.41, 5.74) is 0.586. The predicted molar refractivity (Wildman–Crippen MR) is 116 cm³/mol. The molecule has 176 valence electrons. The predicted octanol–water partition coefficient (Wildman–Crippen LogP) is 4.85. The third kappa shape index (κ3) is 5.19. The van der Waals surface area contributed by atoms with E-state index in [9.17, 15) is 21.6 Å². The second kappa shape index (κ2) is 9.14. The molecule has 2 aromatic carbocycles. The molecule has 3 aromatic rings. The second-order valence-corrected chi connectivity index (χ2v) is 9.80. The maximum atomic E-state index is 13.1. The first-order valence-corrected chi connectivity index (χ1v) is 11.9. The van der Waals surface area contributed by atoms with Gasteiger partial charge in [0, 0.05) is 24.3 Å². The van der Waals surface area contributed by atoms with E-state index < -0.39 is 21.8 Å². The molecule has 1 fully saturated rings. The summed E-state index contributed by atoms with van der Waals surface area (Å²) >= 11 is 0. The standard InChI is InChI=1S/C22H23F3N4O3S/c1-15-8-9-18(13-19(15)33(30,31)29-10-3-2-4-11-29)26-14-20-27-21(28-32-20)16-6-5-7-17(12-16)22(23,24)25/h5-9,12-13,26H,2-4,10-11,14H2,1H3. The number of benzene rings is 2. The summed E-state index contributed by atoms with van der Waals surface area (Å²) in [6, 6.07) is 9.72. The van der Waals surface area contributed by atoms with E-state index in [-0.39, 0.29) is 28.7 Å². The van der Waals surface area contributed by atoms with Gasteiger partial charge in [0.15, 0.2) is 0 Å². The number of sulfonamides is 1. The van der Waals surface area contributed by atoms with Crippen molar-refractivity contribution in [2.24, 2.45) is 0 Å². The van der Waals surface area contributed by atoms with E-state index in [4.69, 9.17) is 4.52 Å². The minimum absolute atomic E-state index is 0.0372. The first kappa shape index (κ1) is 23.2. The van der Waals surface area contributed by atoms with Crippen molar-refractivity contribution in [3.05, 3.63) is 59.5 Å². The van der Waals surface area contributed by atoms with Gasteiger partial charge in [-0.15, -0.1) is 0 Å². The van der Waals surface area contributed by atoms with Crippen molar-refractivity contribution in [1.82, 2.24) is 14.4 Å². The molecule has 0 unspecified atom stereocenters. The molecule has 1 aliphatic heterocycles. The van der Waals surface area contributed by atoms with E-state index >= 15 is 0 Å². The number of halogens is 3. The van der Waals surface area contributed by atoms with Crippen molar-refractivity contribution in [2.75, 3.05) is 18.4 Å². The normalized spacial score (nSPS) is 15.5. The molecule has 1 N–H and O–H groups in total. The van der Waals surface area contributed by atoms with Gasteiger partial charge in [-0.25, -0.2) is 8.42 Å². The maximum absolute atomic E-state index is 13.1. The highest BCUT2D eigenvalue weighted by molar-refractivity contribution is 7.89. The van der Waals surface area contributed by atoms with Gasteiger partial charge in [0.25, 0.3) is 0 Å². The van der Waals surface area contributed by atoms with E-state index in [0.717, 1.165) is 31.4 Å². The number of rotatable bonds is 6. The third-order valence-electron chi connectivity index (χ3n) is 5.48. The maximum Gasteiger partial charge on any atom is 0.416 e. The van der Waals surface area contributed by atoms with Crippen molar-refractivity contribution in [3.63, 3.8) is 0 Å². The summed E-state index contributed by atoms with van der Waals surface area (Å²) in [6.45, 7) is 2.86. The van der Waals surface area contributed by atoms with E-state index in [2.05, 4.69) is 15.5 Å². The molecule has 1 aliphatic rings. The number of anilines is 1. The number of hydrogen-bond acceptors (Lipinski definition) is 6. The van der Waals surface area contributed by atoms with Crippen LogP contribution in [0.4, 0.5) is 18.9 Å². The Bertz CT molecular complexity index is 1240. The van der Waals surface area contributed by atoms with E-state index in [1.165, 1.54) is 16.4 Å². The zero-order valence-electron chi connectivity index (χ0n) is 17.9. The fourth-order valence-corrected chi connectivity index (χ4v) is 5.46. The Kier molecular flexibility index (Phi) is 6.44. The lowest BCUT2D eigenvalue weighted by atomic mass is 10.1. The minimum atomic E-state index is -4.47. The van der Waals surface area contributed by atoms with Crippen LogP contribution in [-0.2, 0) is 22.7 Å². The van der Waals surface area contributed by atoms with Gasteiger partial charge in [-0.1, -0.05) is 29.8 Å². The van der Waals surface area contributed by atoms with Gasteiger partial charge in [0.2, 0.25) is 21.7 Å². The smallest absolute Gasteiger partial charge is 0.376 e. The highest BCUT2D eigenvalue weighted by Crippen LogP contribution is 2.31. The molecule has 1 aromatic heterocycles. The number of nitrogens with zero attached hydrogens (tertiary/aromatic N) is 3. The fraction of sp³-hybridized carbons (Fsp3) is 0.364. The molecule has 0 spiro atoms. The van der Waals surface area contributed by atoms with Crippen LogP contribution in [0.5, 0.6) is 0 Å². The monoisotopic (exact) mass is 480 g/mol. The van der Waals surface area contributed by atoms with Crippen LogP contribution in [0.3, 0.4) is 0 Å². The molecule has 0 bridgehead atoms. The highest BCUT2D eigenvalue weighted by atomic mass is 32.2. The summed E-state index contributed by atoms with van der Waals surface area (Å²) in [6.07, 6.45) is -1.75. The molecule has 0 amide bonds. The number of nitrogens with one attached hydrogen (secondary N) is 1. The van der Waals surface area contributed by atoms with Crippen LogP contribution >= 0.6 is 0 Å². The molecular formula is C22H23F3N4O3S. The Balaban J connectivity index is 1.49. The summed E-state index contributed by atoms with van der Waals surface area (Å²) in [4.78, 5) is 4.39. The Hall–Kier alpha value is -2.92. The average molecular weight is 481 g/mol. The lowest BCUT2D eigenvalue weighted by Gasteiger charge is -2.26. The molecule has 11 heteroatoms. The van der Waals surface area contributed by atoms with Crippen LogP contribution in [0, 0.1) is 6.92 Å². The molecule has 0 radical (unpaired) electrons. The zero-order chi connectivity index (χ0) is 23.6. The van der Waals surface area contributed by atoms with Crippen molar-refractivity contribution < 1.29 is 26.1 Å². The fourth-order valence-electron chi connectivity index (χ4n) is 3.69. The van der Waals surface area contributed by atoms with Crippen molar-refractivity contribution >= 4 is 15.7 Å². The number of alkyl halides is 3. The Morgan fingerprint density at radius 2 is 1.85 bits per heavy atom. The molecule has 0 saturated carbocycles. The van der Waals surface area contributed by atoms with Gasteiger partial charge >= 0.3 is 6.18 Å². The molecule has 0 atom stereocenters. The first-order chi connectivity index (χ1) is 15.6. The second-order valence-electron chi connectivity index (χ2n) is 7.89. The molecule has 0 aliphatic carbocycles. The minimum Gasteiger partial charge on any atom is -0.376 e. The summed E-state index contributed by atoms with van der Waals surface area (Å²) in [5, 5.41) is 6.80. The quantitative estimate of drug-likeness (QED) is 0.543. The Morgan fingerprint density at radius 3 is 2.58 bits per heavy atom. The third-order valence-corrected chi connectivity index (χ3v) is 7.52. The lowest BCUT2D eigenvalue weighted by molar-refractivity contribution is -0.137. The largest absolute Gasteiger partial charge is 0.416 e. The van der Waals surface area contributed by atoms with Crippen LogP contribution in [-0.4, -0.2) is 36.0 Å². The van der Waals surface area contributed by atoms with Crippen LogP contribution in [0.25, 0.3) is 11.4 Å². The molecule has 4 rings (SSSR count). The summed E-state index contributed by atoms with van der Waals surface area (Å²) < 4.78 is 71.6. The van der Waals surface area contributed by atoms with Crippen LogP contribution in [0.15, 0.2) is 51.9 Å². The molecule has 7 nitrogen and oxygen atoms in total. The van der Waals surface area contributed by atoms with Crippen molar-refractivity contribution in [3.8, 4) is 11.4 Å². The molecule has 33 heavy (non-hydrogen) atoms. The topological polar surface area (TPSA) is 88.3 Å². The number of hydrogen-bond donors (Lipinski definition) is 1. The molecule has 1 saturated heterocycles. The number of piperidine rings is 1. The van der Waals surface area contributed by atoms with E-state index in [1.54, 1.807) is 25.1 Å².